The van der Waals surface area contributed by atoms with Crippen LogP contribution in [-0.4, -0.2) is 34.0 Å². The van der Waals surface area contributed by atoms with Crippen LogP contribution in [0.5, 0.6) is 0 Å². The van der Waals surface area contributed by atoms with Gasteiger partial charge in [0.25, 0.3) is 0 Å². The molecule has 0 aliphatic carbocycles. The number of imidazole rings is 1. The van der Waals surface area contributed by atoms with E-state index in [0.29, 0.717) is 19.1 Å². The quantitative estimate of drug-likeness (QED) is 0.561. The van der Waals surface area contributed by atoms with Crippen molar-refractivity contribution >= 4 is 16.9 Å². The summed E-state index contributed by atoms with van der Waals surface area (Å²) in [7, 11) is 0.500. The van der Waals surface area contributed by atoms with Crippen LogP contribution < -0.4 is 0 Å². The minimum atomic E-state index is 0.0778. The lowest BCUT2D eigenvalue weighted by atomic mass is 9.95. The molecule has 0 bridgehead atoms. The van der Waals surface area contributed by atoms with Gasteiger partial charge in [-0.2, -0.15) is 0 Å². The molecule has 2 aromatic carbocycles. The van der Waals surface area contributed by atoms with Crippen LogP contribution in [0.2, 0.25) is 0 Å². The van der Waals surface area contributed by atoms with Gasteiger partial charge in [0, 0.05) is 17.5 Å². The number of rotatable bonds is 2. The Hall–Kier alpha value is -2.69. The lowest BCUT2D eigenvalue weighted by Crippen LogP contribution is -2.41. The highest BCUT2D eigenvalue weighted by Gasteiger charge is 2.41. The zero-order valence-electron chi connectivity index (χ0n) is 17.8. The largest absolute Gasteiger partial charge is 0.340 e. The van der Waals surface area contributed by atoms with Crippen LogP contribution in [0.25, 0.3) is 22.2 Å². The van der Waals surface area contributed by atoms with Gasteiger partial charge in [-0.05, 0) is 37.3 Å². The van der Waals surface area contributed by atoms with Crippen molar-refractivity contribution in [3.63, 3.8) is 0 Å². The van der Waals surface area contributed by atoms with Crippen LogP contribution in [0.4, 0.5) is 4.39 Å². The Balaban J connectivity index is 0.00000106. The molecule has 1 aromatic heterocycles. The number of hydrogen-bond acceptors (Lipinski definition) is 2. The SMILES string of the molecule is CF.C[C@H]1CCCC[C@H]2CC[C@@H](c3nc4c(-c5ccccc5)cccc4[nH]3)N2C1=O. The molecule has 0 spiro atoms. The van der Waals surface area contributed by atoms with Crippen molar-refractivity contribution in [2.45, 2.75) is 57.5 Å². The zero-order valence-corrected chi connectivity index (χ0v) is 17.8. The molecule has 30 heavy (non-hydrogen) atoms. The van der Waals surface area contributed by atoms with Crippen molar-refractivity contribution in [1.29, 1.82) is 0 Å². The number of amides is 1. The van der Waals surface area contributed by atoms with Crippen LogP contribution >= 0.6 is 0 Å². The lowest BCUT2D eigenvalue weighted by Gasteiger charge is -2.33. The third-order valence-electron chi connectivity index (χ3n) is 6.53. The zero-order chi connectivity index (χ0) is 21.1. The number of aromatic amines is 1. The van der Waals surface area contributed by atoms with Crippen LogP contribution in [-0.2, 0) is 4.79 Å². The molecular formula is C25H30FN3O. The molecule has 3 aromatic rings. The summed E-state index contributed by atoms with van der Waals surface area (Å²) in [5.74, 6) is 1.38. The lowest BCUT2D eigenvalue weighted by molar-refractivity contribution is -0.139. The Morgan fingerprint density at radius 2 is 1.73 bits per heavy atom. The highest BCUT2D eigenvalue weighted by atomic mass is 19.1. The molecule has 0 unspecified atom stereocenters. The topological polar surface area (TPSA) is 49.0 Å². The third kappa shape index (κ3) is 3.73. The molecule has 2 fully saturated rings. The summed E-state index contributed by atoms with van der Waals surface area (Å²) in [4.78, 5) is 23.9. The summed E-state index contributed by atoms with van der Waals surface area (Å²) in [5.41, 5.74) is 4.36. The second-order valence-corrected chi connectivity index (χ2v) is 8.37. The Bertz CT molecular complexity index is 1000. The molecule has 3 atom stereocenters. The maximum atomic E-state index is 13.2. The summed E-state index contributed by atoms with van der Waals surface area (Å²) in [6.07, 6.45) is 6.63. The van der Waals surface area contributed by atoms with Crippen LogP contribution in [0, 0.1) is 5.92 Å². The molecule has 0 radical (unpaired) electrons. The van der Waals surface area contributed by atoms with E-state index in [1.807, 2.05) is 6.07 Å². The minimum Gasteiger partial charge on any atom is -0.340 e. The Morgan fingerprint density at radius 3 is 2.53 bits per heavy atom. The van der Waals surface area contributed by atoms with E-state index in [4.69, 9.17) is 4.98 Å². The van der Waals surface area contributed by atoms with Gasteiger partial charge in [-0.15, -0.1) is 0 Å². The maximum absolute atomic E-state index is 13.2. The van der Waals surface area contributed by atoms with E-state index in [1.54, 1.807) is 0 Å². The molecule has 5 heteroatoms. The summed E-state index contributed by atoms with van der Waals surface area (Å²) in [5, 5.41) is 0. The summed E-state index contributed by atoms with van der Waals surface area (Å²) >= 11 is 0. The smallest absolute Gasteiger partial charge is 0.226 e. The number of H-pyrrole nitrogens is 1. The second kappa shape index (κ2) is 8.99. The molecule has 158 valence electrons. The number of para-hydroxylation sites is 1. The van der Waals surface area contributed by atoms with Crippen LogP contribution in [0.3, 0.4) is 0 Å². The van der Waals surface area contributed by atoms with E-state index in [1.165, 1.54) is 18.4 Å². The average molecular weight is 408 g/mol. The number of benzene rings is 2. The van der Waals surface area contributed by atoms with Crippen molar-refractivity contribution in [2.75, 3.05) is 7.18 Å². The Labute approximate surface area is 177 Å². The van der Waals surface area contributed by atoms with Crippen LogP contribution in [0.15, 0.2) is 48.5 Å². The summed E-state index contributed by atoms with van der Waals surface area (Å²) in [6, 6.07) is 17.1. The van der Waals surface area contributed by atoms with E-state index in [0.717, 1.165) is 48.1 Å². The van der Waals surface area contributed by atoms with Crippen molar-refractivity contribution in [1.82, 2.24) is 14.9 Å². The summed E-state index contributed by atoms with van der Waals surface area (Å²) in [6.45, 7) is 2.09. The number of nitrogens with one attached hydrogen (secondary N) is 1. The van der Waals surface area contributed by atoms with E-state index in [2.05, 4.69) is 59.3 Å². The van der Waals surface area contributed by atoms with Crippen molar-refractivity contribution < 1.29 is 9.18 Å². The number of aromatic nitrogens is 2. The molecule has 3 heterocycles. The first-order chi connectivity index (χ1) is 14.7. The van der Waals surface area contributed by atoms with Crippen LogP contribution in [0.1, 0.15) is 57.3 Å². The van der Waals surface area contributed by atoms with Gasteiger partial charge in [-0.25, -0.2) is 4.98 Å². The molecule has 2 aliphatic heterocycles. The summed E-state index contributed by atoms with van der Waals surface area (Å²) < 4.78 is 9.50. The number of hydrogen-bond donors (Lipinski definition) is 1. The van der Waals surface area contributed by atoms with Crippen molar-refractivity contribution in [3.8, 4) is 11.1 Å². The fraction of sp³-hybridized carbons (Fsp3) is 0.440. The first-order valence-electron chi connectivity index (χ1n) is 11.0. The van der Waals surface area contributed by atoms with Gasteiger partial charge in [0.05, 0.1) is 24.3 Å². The predicted molar refractivity (Wildman–Crippen MR) is 119 cm³/mol. The van der Waals surface area contributed by atoms with Gasteiger partial charge in [0.15, 0.2) is 0 Å². The molecule has 5 rings (SSSR count). The highest BCUT2D eigenvalue weighted by Crippen LogP contribution is 2.41. The van der Waals surface area contributed by atoms with Gasteiger partial charge in [-0.1, -0.05) is 62.2 Å². The number of nitrogens with zero attached hydrogens (tertiary/aromatic N) is 2. The monoisotopic (exact) mass is 407 g/mol. The maximum Gasteiger partial charge on any atom is 0.226 e. The second-order valence-electron chi connectivity index (χ2n) is 8.37. The molecule has 4 nitrogen and oxygen atoms in total. The number of carbonyl (C=O) groups is 1. The molecule has 2 saturated heterocycles. The van der Waals surface area contributed by atoms with Crippen molar-refractivity contribution in [3.05, 3.63) is 54.4 Å². The van der Waals surface area contributed by atoms with Gasteiger partial charge in [0.1, 0.15) is 5.82 Å². The standard InChI is InChI=1S/C24H27N3O.CH3F/c1-16-8-5-6-11-18-14-15-21(27(18)24(16)28)23-25-20-13-7-12-19(22(20)26-23)17-9-3-2-4-10-17;1-2/h2-4,7,9-10,12-13,16,18,21H,5-6,8,11,14-15H2,1H3,(H,25,26);1H3/t16-,18-,21-;/m0./s1. The third-order valence-corrected chi connectivity index (χ3v) is 6.53. The fourth-order valence-electron chi connectivity index (χ4n) is 5.04. The normalized spacial score (nSPS) is 24.0. The number of halogens is 1. The van der Waals surface area contributed by atoms with E-state index in [9.17, 15) is 9.18 Å². The molecule has 1 N–H and O–H groups in total. The number of alkyl halides is 1. The van der Waals surface area contributed by atoms with E-state index in [-0.39, 0.29) is 12.0 Å². The van der Waals surface area contributed by atoms with Gasteiger partial charge < -0.3 is 9.88 Å². The van der Waals surface area contributed by atoms with Gasteiger partial charge >= 0.3 is 0 Å². The minimum absolute atomic E-state index is 0.0778. The molecule has 2 aliphatic rings. The van der Waals surface area contributed by atoms with Gasteiger partial charge in [0.2, 0.25) is 5.91 Å². The fourth-order valence-corrected chi connectivity index (χ4v) is 5.04. The molecule has 0 saturated carbocycles. The number of fused-ring (bicyclic) bond motifs is 2. The van der Waals surface area contributed by atoms with Gasteiger partial charge in [-0.3, -0.25) is 9.18 Å². The first-order valence-corrected chi connectivity index (χ1v) is 11.0. The number of carbonyl (C=O) groups excluding carboxylic acids is 1. The Kier molecular flexibility index (Phi) is 6.16. The predicted octanol–water partition coefficient (Wildman–Crippen LogP) is 6.06. The first kappa shape index (κ1) is 20.6. The average Bonchev–Trinajstić information content (AvgIpc) is 3.40. The van der Waals surface area contributed by atoms with E-state index >= 15 is 0 Å². The highest BCUT2D eigenvalue weighted by molar-refractivity contribution is 5.92. The Morgan fingerprint density at radius 1 is 0.967 bits per heavy atom. The van der Waals surface area contributed by atoms with E-state index < -0.39 is 0 Å². The molecular weight excluding hydrogens is 377 g/mol. The van der Waals surface area contributed by atoms with Crippen molar-refractivity contribution in [2.24, 2.45) is 5.92 Å². The molecule has 1 amide bonds.